The molecule has 172 valence electrons. The van der Waals surface area contributed by atoms with Crippen molar-refractivity contribution < 1.29 is 19.1 Å². The van der Waals surface area contributed by atoms with Gasteiger partial charge in [0.15, 0.2) is 5.17 Å². The molecule has 2 heterocycles. The van der Waals surface area contributed by atoms with Crippen LogP contribution >= 0.6 is 11.8 Å². The number of nitrogens with zero attached hydrogens (tertiary/aromatic N) is 2. The van der Waals surface area contributed by atoms with E-state index in [0.29, 0.717) is 34.9 Å². The fourth-order valence-electron chi connectivity index (χ4n) is 4.06. The Bertz CT molecular complexity index is 1110. The topological polar surface area (TPSA) is 80.2 Å². The number of carbonyl (C=O) groups excluding carboxylic acids is 2. The van der Waals surface area contributed by atoms with Crippen molar-refractivity contribution in [2.24, 2.45) is 4.99 Å². The lowest BCUT2D eigenvalue weighted by molar-refractivity contribution is -0.139. The van der Waals surface area contributed by atoms with E-state index in [1.807, 2.05) is 37.3 Å². The number of carbonyl (C=O) groups is 2. The van der Waals surface area contributed by atoms with E-state index in [4.69, 9.17) is 9.47 Å². The molecule has 0 unspecified atom stereocenters. The van der Waals surface area contributed by atoms with Gasteiger partial charge in [0.25, 0.3) is 5.91 Å². The van der Waals surface area contributed by atoms with Gasteiger partial charge < -0.3 is 19.7 Å². The van der Waals surface area contributed by atoms with Crippen LogP contribution in [0.2, 0.25) is 0 Å². The monoisotopic (exact) mass is 465 g/mol. The number of benzene rings is 2. The van der Waals surface area contributed by atoms with Gasteiger partial charge in [-0.1, -0.05) is 36.0 Å². The van der Waals surface area contributed by atoms with E-state index in [9.17, 15) is 9.59 Å². The molecule has 0 bridgehead atoms. The lowest BCUT2D eigenvalue weighted by Gasteiger charge is -2.40. The largest absolute Gasteiger partial charge is 0.496 e. The Morgan fingerprint density at radius 2 is 1.94 bits per heavy atom. The van der Waals surface area contributed by atoms with E-state index in [2.05, 4.69) is 15.2 Å². The van der Waals surface area contributed by atoms with Crippen molar-refractivity contribution in [3.05, 3.63) is 70.9 Å². The molecule has 2 aromatic rings. The van der Waals surface area contributed by atoms with Crippen LogP contribution in [0.4, 0.5) is 5.69 Å². The standard InChI is InChI=1S/C25H27N3O4S/c1-4-32-24(30)21-16(2)26-25-28(14-7-15-33-25)22(21)17-10-12-18(13-11-17)27-23(29)19-8-5-6-9-20(19)31-3/h5-6,8-13,22H,4,7,14-15H2,1-3H3,(H,27,29)/t22-/m1/s1. The predicted octanol–water partition coefficient (Wildman–Crippen LogP) is 4.63. The molecule has 33 heavy (non-hydrogen) atoms. The smallest absolute Gasteiger partial charge is 0.338 e. The van der Waals surface area contributed by atoms with Crippen molar-refractivity contribution in [3.63, 3.8) is 0 Å². The minimum Gasteiger partial charge on any atom is -0.496 e. The summed E-state index contributed by atoms with van der Waals surface area (Å²) in [6.07, 6.45) is 1.02. The van der Waals surface area contributed by atoms with Crippen LogP contribution < -0.4 is 10.1 Å². The maximum atomic E-state index is 12.8. The number of nitrogens with one attached hydrogen (secondary N) is 1. The normalized spacial score (nSPS) is 17.7. The number of aliphatic imine (C=N–C) groups is 1. The average molecular weight is 466 g/mol. The Morgan fingerprint density at radius 1 is 1.18 bits per heavy atom. The number of allylic oxidation sites excluding steroid dienone is 1. The lowest BCUT2D eigenvalue weighted by Crippen LogP contribution is -2.42. The molecule has 2 aliphatic rings. The van der Waals surface area contributed by atoms with Gasteiger partial charge in [0.1, 0.15) is 5.75 Å². The van der Waals surface area contributed by atoms with Crippen molar-refractivity contribution in [3.8, 4) is 5.75 Å². The van der Waals surface area contributed by atoms with Gasteiger partial charge in [-0.05, 0) is 50.1 Å². The van der Waals surface area contributed by atoms with Crippen LogP contribution in [-0.2, 0) is 9.53 Å². The van der Waals surface area contributed by atoms with Crippen LogP contribution in [0.15, 0.2) is 64.8 Å². The van der Waals surface area contributed by atoms with Crippen LogP contribution in [0, 0.1) is 0 Å². The number of ether oxygens (including phenoxy) is 2. The molecule has 0 spiro atoms. The number of thioether (sulfide) groups is 1. The van der Waals surface area contributed by atoms with E-state index in [1.54, 1.807) is 36.9 Å². The molecule has 1 amide bonds. The molecule has 1 N–H and O–H groups in total. The van der Waals surface area contributed by atoms with Gasteiger partial charge in [-0.3, -0.25) is 4.79 Å². The molecule has 0 aliphatic carbocycles. The van der Waals surface area contributed by atoms with E-state index < -0.39 is 0 Å². The number of para-hydroxylation sites is 1. The minimum atomic E-state index is -0.341. The van der Waals surface area contributed by atoms with Gasteiger partial charge in [0.05, 0.1) is 36.6 Å². The molecule has 0 radical (unpaired) electrons. The van der Waals surface area contributed by atoms with Crippen LogP contribution in [0.3, 0.4) is 0 Å². The summed E-state index contributed by atoms with van der Waals surface area (Å²) in [4.78, 5) is 32.4. The first-order valence-corrected chi connectivity index (χ1v) is 11.9. The second kappa shape index (κ2) is 10.1. The molecule has 4 rings (SSSR count). The Hall–Kier alpha value is -3.26. The van der Waals surface area contributed by atoms with E-state index in [0.717, 1.165) is 29.4 Å². The number of methoxy groups -OCH3 is 1. The highest BCUT2D eigenvalue weighted by molar-refractivity contribution is 8.13. The zero-order valence-corrected chi connectivity index (χ0v) is 19.8. The number of esters is 1. The highest BCUT2D eigenvalue weighted by atomic mass is 32.2. The molecule has 7 nitrogen and oxygen atoms in total. The quantitative estimate of drug-likeness (QED) is 0.627. The maximum Gasteiger partial charge on any atom is 0.338 e. The number of fused-ring (bicyclic) bond motifs is 1. The predicted molar refractivity (Wildman–Crippen MR) is 131 cm³/mol. The van der Waals surface area contributed by atoms with Crippen molar-refractivity contribution >= 4 is 34.5 Å². The first-order chi connectivity index (χ1) is 16.0. The summed E-state index contributed by atoms with van der Waals surface area (Å²) in [6.45, 7) is 4.79. The highest BCUT2D eigenvalue weighted by Gasteiger charge is 2.37. The van der Waals surface area contributed by atoms with Gasteiger partial charge in [0.2, 0.25) is 0 Å². The molecule has 2 aliphatic heterocycles. The van der Waals surface area contributed by atoms with Crippen LogP contribution in [0.5, 0.6) is 5.75 Å². The van der Waals surface area contributed by atoms with Crippen molar-refractivity contribution in [2.75, 3.05) is 31.3 Å². The number of rotatable bonds is 6. The van der Waals surface area contributed by atoms with Crippen molar-refractivity contribution in [1.82, 2.24) is 4.90 Å². The summed E-state index contributed by atoms with van der Waals surface area (Å²) in [7, 11) is 1.54. The fourth-order valence-corrected chi connectivity index (χ4v) is 5.08. The van der Waals surface area contributed by atoms with E-state index in [1.165, 1.54) is 7.11 Å². The average Bonchev–Trinajstić information content (AvgIpc) is 2.83. The summed E-state index contributed by atoms with van der Waals surface area (Å²) < 4.78 is 10.7. The molecular weight excluding hydrogens is 438 g/mol. The summed E-state index contributed by atoms with van der Waals surface area (Å²) in [6, 6.07) is 14.4. The van der Waals surface area contributed by atoms with E-state index >= 15 is 0 Å². The molecule has 0 saturated carbocycles. The second-order valence-corrected chi connectivity index (χ2v) is 8.75. The zero-order chi connectivity index (χ0) is 23.4. The fraction of sp³-hybridized carbons (Fsp3) is 0.320. The first-order valence-electron chi connectivity index (χ1n) is 10.9. The highest BCUT2D eigenvalue weighted by Crippen LogP contribution is 2.40. The van der Waals surface area contributed by atoms with Crippen LogP contribution in [-0.4, -0.2) is 48.0 Å². The summed E-state index contributed by atoms with van der Waals surface area (Å²) >= 11 is 1.71. The third-order valence-corrected chi connectivity index (χ3v) is 6.67. The van der Waals surface area contributed by atoms with Gasteiger partial charge in [0, 0.05) is 18.0 Å². The molecule has 8 heteroatoms. The number of amidine groups is 1. The lowest BCUT2D eigenvalue weighted by atomic mass is 9.94. The summed E-state index contributed by atoms with van der Waals surface area (Å²) in [5.41, 5.74) is 3.32. The second-order valence-electron chi connectivity index (χ2n) is 7.69. The third kappa shape index (κ3) is 4.75. The van der Waals surface area contributed by atoms with Gasteiger partial charge >= 0.3 is 5.97 Å². The summed E-state index contributed by atoms with van der Waals surface area (Å²) in [5.74, 6) is 0.940. The SMILES string of the molecule is CCOC(=O)C1=C(C)N=C2SCCCN2[C@@H]1c1ccc(NC(=O)c2ccccc2OC)cc1. The van der Waals surface area contributed by atoms with Gasteiger partial charge in [-0.25, -0.2) is 9.79 Å². The van der Waals surface area contributed by atoms with E-state index in [-0.39, 0.29) is 17.9 Å². The molecule has 1 fully saturated rings. The number of anilines is 1. The Balaban J connectivity index is 1.61. The van der Waals surface area contributed by atoms with Crippen LogP contribution in [0.1, 0.15) is 42.2 Å². The maximum absolute atomic E-state index is 12.8. The number of amides is 1. The third-order valence-electron chi connectivity index (χ3n) is 5.59. The van der Waals surface area contributed by atoms with Crippen molar-refractivity contribution in [2.45, 2.75) is 26.3 Å². The minimum absolute atomic E-state index is 0.248. The molecule has 1 atom stereocenters. The van der Waals surface area contributed by atoms with Gasteiger partial charge in [-0.2, -0.15) is 0 Å². The molecule has 2 aromatic carbocycles. The Kier molecular flexibility index (Phi) is 7.03. The van der Waals surface area contributed by atoms with Crippen molar-refractivity contribution in [1.29, 1.82) is 0 Å². The molecule has 1 saturated heterocycles. The van der Waals surface area contributed by atoms with Crippen LogP contribution in [0.25, 0.3) is 0 Å². The molecular formula is C25H27N3O4S. The Morgan fingerprint density at radius 3 is 2.67 bits per heavy atom. The number of hydrogen-bond donors (Lipinski definition) is 1. The van der Waals surface area contributed by atoms with Gasteiger partial charge in [-0.15, -0.1) is 0 Å². The molecule has 0 aromatic heterocycles. The number of hydrogen-bond acceptors (Lipinski definition) is 7. The Labute approximate surface area is 197 Å². The summed E-state index contributed by atoms with van der Waals surface area (Å²) in [5, 5.41) is 3.85. The first kappa shape index (κ1) is 22.9. The zero-order valence-electron chi connectivity index (χ0n) is 19.0.